The minimum atomic E-state index is -5.02. The molecular formula is C7H2ClF4NO2. The average Bonchev–Trinajstić information content (AvgIpc) is 2.05. The highest BCUT2D eigenvalue weighted by Gasteiger charge is 2.33. The summed E-state index contributed by atoms with van der Waals surface area (Å²) in [4.78, 5) is 13.6. The first-order valence-corrected chi connectivity index (χ1v) is 3.78. The lowest BCUT2D eigenvalue weighted by molar-refractivity contribution is -0.276. The van der Waals surface area contributed by atoms with Crippen LogP contribution in [0.1, 0.15) is 10.4 Å². The number of halogens is 5. The summed E-state index contributed by atoms with van der Waals surface area (Å²) in [6.45, 7) is 0. The van der Waals surface area contributed by atoms with Crippen molar-refractivity contribution in [2.75, 3.05) is 0 Å². The van der Waals surface area contributed by atoms with E-state index in [1.54, 1.807) is 0 Å². The molecule has 8 heteroatoms. The van der Waals surface area contributed by atoms with Crippen molar-refractivity contribution in [3.8, 4) is 5.88 Å². The molecule has 82 valence electrons. The Morgan fingerprint density at radius 2 is 2.07 bits per heavy atom. The number of rotatable bonds is 2. The summed E-state index contributed by atoms with van der Waals surface area (Å²) in [7, 11) is 0. The quantitative estimate of drug-likeness (QED) is 0.592. The van der Waals surface area contributed by atoms with Gasteiger partial charge in [0, 0.05) is 0 Å². The highest BCUT2D eigenvalue weighted by atomic mass is 35.5. The van der Waals surface area contributed by atoms with Gasteiger partial charge in [0.25, 0.3) is 5.24 Å². The number of alkyl halides is 3. The highest BCUT2D eigenvalue weighted by molar-refractivity contribution is 6.68. The van der Waals surface area contributed by atoms with Crippen molar-refractivity contribution in [2.45, 2.75) is 6.36 Å². The number of hydrogen-bond acceptors (Lipinski definition) is 3. The van der Waals surface area contributed by atoms with E-state index in [-0.39, 0.29) is 0 Å². The summed E-state index contributed by atoms with van der Waals surface area (Å²) in [5.41, 5.74) is -0.783. The van der Waals surface area contributed by atoms with Crippen molar-refractivity contribution in [1.82, 2.24) is 4.98 Å². The molecule has 0 spiro atoms. The zero-order valence-corrected chi connectivity index (χ0v) is 7.56. The van der Waals surface area contributed by atoms with E-state index >= 15 is 0 Å². The molecule has 0 N–H and O–H groups in total. The molecule has 0 radical (unpaired) electrons. The third-order valence-corrected chi connectivity index (χ3v) is 1.45. The molecule has 1 rings (SSSR count). The molecule has 3 nitrogen and oxygen atoms in total. The maximum absolute atomic E-state index is 12.5. The van der Waals surface area contributed by atoms with Crippen molar-refractivity contribution in [3.05, 3.63) is 23.6 Å². The number of hydrogen-bond donors (Lipinski definition) is 0. The molecule has 0 saturated heterocycles. The molecule has 0 saturated carbocycles. The van der Waals surface area contributed by atoms with Crippen LogP contribution in [0.5, 0.6) is 5.88 Å². The fourth-order valence-electron chi connectivity index (χ4n) is 0.758. The summed E-state index contributed by atoms with van der Waals surface area (Å²) in [5, 5.41) is -1.29. The van der Waals surface area contributed by atoms with Crippen molar-refractivity contribution < 1.29 is 27.1 Å². The zero-order chi connectivity index (χ0) is 11.6. The van der Waals surface area contributed by atoms with Gasteiger partial charge in [-0.15, -0.1) is 13.2 Å². The molecule has 0 aromatic carbocycles. The van der Waals surface area contributed by atoms with Crippen molar-refractivity contribution in [2.24, 2.45) is 0 Å². The molecule has 0 atom stereocenters. The normalized spacial score (nSPS) is 11.3. The second kappa shape index (κ2) is 4.01. The van der Waals surface area contributed by atoms with Gasteiger partial charge in [-0.05, 0) is 17.7 Å². The van der Waals surface area contributed by atoms with Crippen LogP contribution in [0.4, 0.5) is 17.6 Å². The van der Waals surface area contributed by atoms with Crippen LogP contribution in [0.2, 0.25) is 0 Å². The number of nitrogens with zero attached hydrogens (tertiary/aromatic N) is 1. The standard InChI is InChI=1S/C7H2ClF4NO2/c8-5(14)4-1-3(9)2-13-6(4)15-7(10,11)12/h1-2H. The Balaban J connectivity index is 3.12. The predicted octanol–water partition coefficient (Wildman–Crippen LogP) is 2.50. The molecule has 0 bridgehead atoms. The van der Waals surface area contributed by atoms with Crippen LogP contribution in [-0.2, 0) is 0 Å². The first-order valence-electron chi connectivity index (χ1n) is 3.41. The summed E-state index contributed by atoms with van der Waals surface area (Å²) in [6, 6.07) is 0.503. The number of ether oxygens (including phenoxy) is 1. The van der Waals surface area contributed by atoms with Crippen LogP contribution in [0.25, 0.3) is 0 Å². The highest BCUT2D eigenvalue weighted by Crippen LogP contribution is 2.25. The van der Waals surface area contributed by atoms with Crippen LogP contribution in [0, 0.1) is 5.82 Å². The topological polar surface area (TPSA) is 39.2 Å². The van der Waals surface area contributed by atoms with E-state index in [1.807, 2.05) is 0 Å². The number of carbonyl (C=O) groups is 1. The fraction of sp³-hybridized carbons (Fsp3) is 0.143. The summed E-state index contributed by atoms with van der Waals surface area (Å²) in [5.74, 6) is -2.07. The van der Waals surface area contributed by atoms with Gasteiger partial charge in [-0.25, -0.2) is 9.37 Å². The van der Waals surface area contributed by atoms with Gasteiger partial charge in [-0.2, -0.15) is 0 Å². The fourth-order valence-corrected chi connectivity index (χ4v) is 0.894. The van der Waals surface area contributed by atoms with E-state index in [1.165, 1.54) is 0 Å². The van der Waals surface area contributed by atoms with Gasteiger partial charge in [0.1, 0.15) is 5.82 Å². The Bertz CT molecular complexity index is 393. The molecule has 0 aliphatic carbocycles. The first kappa shape index (κ1) is 11.7. The van der Waals surface area contributed by atoms with Crippen LogP contribution in [0.3, 0.4) is 0 Å². The van der Waals surface area contributed by atoms with Gasteiger partial charge in [0.05, 0.1) is 11.8 Å². The van der Waals surface area contributed by atoms with E-state index in [2.05, 4.69) is 9.72 Å². The Morgan fingerprint density at radius 3 is 2.53 bits per heavy atom. The van der Waals surface area contributed by atoms with Crippen LogP contribution < -0.4 is 4.74 Å². The lowest BCUT2D eigenvalue weighted by Gasteiger charge is -2.09. The average molecular weight is 244 g/mol. The molecule has 0 aliphatic rings. The maximum Gasteiger partial charge on any atom is 0.574 e. The van der Waals surface area contributed by atoms with Crippen LogP contribution in [-0.4, -0.2) is 16.6 Å². The monoisotopic (exact) mass is 243 g/mol. The van der Waals surface area contributed by atoms with Crippen molar-refractivity contribution in [3.63, 3.8) is 0 Å². The zero-order valence-electron chi connectivity index (χ0n) is 6.81. The molecular weight excluding hydrogens is 242 g/mol. The van der Waals surface area contributed by atoms with Crippen molar-refractivity contribution >= 4 is 16.8 Å². The van der Waals surface area contributed by atoms with Crippen molar-refractivity contribution in [1.29, 1.82) is 0 Å². The van der Waals surface area contributed by atoms with Gasteiger partial charge >= 0.3 is 6.36 Å². The van der Waals surface area contributed by atoms with Gasteiger partial charge in [0.15, 0.2) is 0 Å². The molecule has 1 aromatic heterocycles. The Hall–Kier alpha value is -1.37. The van der Waals surface area contributed by atoms with Gasteiger partial charge in [-0.3, -0.25) is 4.79 Å². The molecule has 0 fully saturated rings. The third kappa shape index (κ3) is 3.35. The third-order valence-electron chi connectivity index (χ3n) is 1.24. The Morgan fingerprint density at radius 1 is 1.47 bits per heavy atom. The summed E-state index contributed by atoms with van der Waals surface area (Å²) in [6.07, 6.45) is -4.55. The minimum absolute atomic E-state index is 0.477. The number of carbonyl (C=O) groups excluding carboxylic acids is 1. The second-order valence-corrected chi connectivity index (χ2v) is 2.67. The maximum atomic E-state index is 12.5. The minimum Gasteiger partial charge on any atom is -0.387 e. The predicted molar refractivity (Wildman–Crippen MR) is 41.1 cm³/mol. The van der Waals surface area contributed by atoms with E-state index in [4.69, 9.17) is 11.6 Å². The molecule has 1 aromatic rings. The lowest BCUT2D eigenvalue weighted by Crippen LogP contribution is -2.19. The van der Waals surface area contributed by atoms with E-state index < -0.39 is 28.9 Å². The van der Waals surface area contributed by atoms with Gasteiger partial charge in [-0.1, -0.05) is 0 Å². The summed E-state index contributed by atoms with van der Waals surface area (Å²) < 4.78 is 51.2. The Labute approximate surface area is 85.6 Å². The van der Waals surface area contributed by atoms with Crippen LogP contribution >= 0.6 is 11.6 Å². The van der Waals surface area contributed by atoms with E-state index in [9.17, 15) is 22.4 Å². The molecule has 1 heterocycles. The van der Waals surface area contributed by atoms with Gasteiger partial charge < -0.3 is 4.74 Å². The first-order chi connectivity index (χ1) is 6.79. The lowest BCUT2D eigenvalue weighted by atomic mass is 10.3. The SMILES string of the molecule is O=C(Cl)c1cc(F)cnc1OC(F)(F)F. The summed E-state index contributed by atoms with van der Waals surface area (Å²) >= 11 is 4.92. The second-order valence-electron chi connectivity index (χ2n) is 2.33. The van der Waals surface area contributed by atoms with E-state index in [0.717, 1.165) is 0 Å². The number of aromatic nitrogens is 1. The molecule has 0 aliphatic heterocycles. The van der Waals surface area contributed by atoms with Gasteiger partial charge in [0.2, 0.25) is 5.88 Å². The Kier molecular flexibility index (Phi) is 3.13. The van der Waals surface area contributed by atoms with Crippen LogP contribution in [0.15, 0.2) is 12.3 Å². The number of pyridine rings is 1. The largest absolute Gasteiger partial charge is 0.574 e. The molecule has 0 unspecified atom stereocenters. The molecule has 0 amide bonds. The molecule has 15 heavy (non-hydrogen) atoms. The van der Waals surface area contributed by atoms with E-state index in [0.29, 0.717) is 12.3 Å². The smallest absolute Gasteiger partial charge is 0.387 e.